The summed E-state index contributed by atoms with van der Waals surface area (Å²) in [5, 5.41) is 0. The van der Waals surface area contributed by atoms with E-state index in [1.807, 2.05) is 116 Å². The molecular formula is C52H39F9N6O4. The van der Waals surface area contributed by atoms with Gasteiger partial charge < -0.3 is 9.80 Å². The van der Waals surface area contributed by atoms with Crippen LogP contribution in [-0.2, 0) is 19.2 Å². The van der Waals surface area contributed by atoms with Crippen LogP contribution in [0.25, 0.3) is 11.1 Å². The Balaban J connectivity index is 1.08. The predicted octanol–water partition coefficient (Wildman–Crippen LogP) is 12.9. The molecule has 0 bridgehead atoms. The zero-order valence-electron chi connectivity index (χ0n) is 37.5. The van der Waals surface area contributed by atoms with Gasteiger partial charge in [-0.2, -0.15) is 39.5 Å². The number of rotatable bonds is 9. The quantitative estimate of drug-likeness (QED) is 0.134. The minimum atomic E-state index is -5.45. The molecule has 1 atom stereocenters. The van der Waals surface area contributed by atoms with Crippen molar-refractivity contribution in [2.45, 2.75) is 51.6 Å². The van der Waals surface area contributed by atoms with Crippen LogP contribution in [0.2, 0.25) is 0 Å². The van der Waals surface area contributed by atoms with Crippen molar-refractivity contribution in [2.75, 3.05) is 9.80 Å². The molecule has 0 radical (unpaired) electrons. The first-order valence-corrected chi connectivity index (χ1v) is 21.5. The summed E-state index contributed by atoms with van der Waals surface area (Å²) < 4.78 is 122. The molecule has 0 N–H and O–H groups in total. The summed E-state index contributed by atoms with van der Waals surface area (Å²) in [6, 6.07) is 41.8. The Morgan fingerprint density at radius 2 is 0.592 bits per heavy atom. The summed E-state index contributed by atoms with van der Waals surface area (Å²) >= 11 is 0. The number of benzene rings is 6. The molecule has 0 aromatic heterocycles. The maximum atomic E-state index is 13.6. The van der Waals surface area contributed by atoms with Crippen LogP contribution >= 0.6 is 0 Å². The summed E-state index contributed by atoms with van der Waals surface area (Å²) in [5.41, 5.74) is 7.39. The number of aryl methyl sites for hydroxylation is 2. The lowest BCUT2D eigenvalue weighted by Gasteiger charge is -2.32. The first-order chi connectivity index (χ1) is 33.5. The van der Waals surface area contributed by atoms with E-state index < -0.39 is 54.5 Å². The molecule has 19 heteroatoms. The van der Waals surface area contributed by atoms with E-state index in [-0.39, 0.29) is 20.9 Å². The van der Waals surface area contributed by atoms with Crippen LogP contribution in [0.15, 0.2) is 170 Å². The maximum absolute atomic E-state index is 13.6. The van der Waals surface area contributed by atoms with Gasteiger partial charge >= 0.3 is 36.3 Å². The third-order valence-corrected chi connectivity index (χ3v) is 11.7. The minimum Gasteiger partial charge on any atom is -0.311 e. The molecule has 8 rings (SSSR count). The van der Waals surface area contributed by atoms with Crippen molar-refractivity contribution < 1.29 is 58.7 Å². The van der Waals surface area contributed by atoms with Crippen LogP contribution < -0.4 is 9.80 Å². The van der Waals surface area contributed by atoms with Gasteiger partial charge in [0.25, 0.3) is 0 Å². The summed E-state index contributed by atoms with van der Waals surface area (Å²) in [6.07, 6.45) is -16.5. The molecule has 2 aliphatic rings. The highest BCUT2D eigenvalue weighted by Crippen LogP contribution is 2.43. The van der Waals surface area contributed by atoms with Gasteiger partial charge in [-0.1, -0.05) is 83.9 Å². The van der Waals surface area contributed by atoms with Crippen LogP contribution in [-0.4, -0.2) is 61.8 Å². The van der Waals surface area contributed by atoms with E-state index >= 15 is 0 Å². The molecule has 71 heavy (non-hydrogen) atoms. The number of hydrogen-bond acceptors (Lipinski definition) is 6. The number of carbonyl (C=O) groups excluding carboxylic acids is 4. The van der Waals surface area contributed by atoms with Crippen molar-refractivity contribution >= 4 is 57.8 Å². The van der Waals surface area contributed by atoms with Crippen molar-refractivity contribution in [1.82, 2.24) is 19.6 Å². The van der Waals surface area contributed by atoms with Crippen LogP contribution in [0.5, 0.6) is 0 Å². The summed E-state index contributed by atoms with van der Waals surface area (Å²) in [7, 11) is 0. The Morgan fingerprint density at radius 3 is 0.845 bits per heavy atom. The highest BCUT2D eigenvalue weighted by Gasteiger charge is 2.52. The van der Waals surface area contributed by atoms with Gasteiger partial charge in [-0.15, -0.1) is 0 Å². The largest absolute Gasteiger partial charge is 0.471 e. The fourth-order valence-corrected chi connectivity index (χ4v) is 8.26. The second-order valence-corrected chi connectivity index (χ2v) is 16.5. The van der Waals surface area contributed by atoms with Crippen LogP contribution in [0, 0.1) is 13.8 Å². The van der Waals surface area contributed by atoms with Gasteiger partial charge in [0.1, 0.15) is 12.3 Å². The fraction of sp³-hybridized carbons (Fsp3) is 0.154. The molecule has 0 saturated carbocycles. The van der Waals surface area contributed by atoms with Crippen LogP contribution in [0.4, 0.5) is 73.6 Å². The molecule has 364 valence electrons. The zero-order valence-corrected chi connectivity index (χ0v) is 37.5. The molecule has 1 unspecified atom stereocenters. The second kappa shape index (κ2) is 18.9. The van der Waals surface area contributed by atoms with E-state index in [0.717, 1.165) is 45.2 Å². The molecule has 0 aliphatic carbocycles. The average molecular weight is 983 g/mol. The van der Waals surface area contributed by atoms with Gasteiger partial charge in [-0.25, -0.2) is 0 Å². The standard InChI is InChI=1S/C52H39F9N6O4/c1-32-4-16-39(17-5-32)66(43-24-12-37(13-25-43)45-62(34(3)68)28-29-63(45)47(69)50(53,54)55)41-20-8-35(9-21-41)36-10-22-42(23-11-36)67(40-18-6-33(2)7-19-40)44-26-14-38(15-27-44)46-64(48(70)51(56,57)58)30-31-65(46)49(71)52(59,60)61/h4-31,45-46H,1-3H3. The fourth-order valence-electron chi connectivity index (χ4n) is 8.26. The molecule has 2 aliphatic heterocycles. The molecule has 6 aromatic rings. The highest BCUT2D eigenvalue weighted by molar-refractivity contribution is 5.88. The Bertz CT molecular complexity index is 2980. The number of halogens is 9. The molecule has 6 aromatic carbocycles. The molecule has 10 nitrogen and oxygen atoms in total. The Hall–Kier alpha value is -8.35. The predicted molar refractivity (Wildman–Crippen MR) is 246 cm³/mol. The van der Waals surface area contributed by atoms with Crippen molar-refractivity contribution in [1.29, 1.82) is 0 Å². The van der Waals surface area contributed by atoms with Crippen molar-refractivity contribution in [3.63, 3.8) is 0 Å². The monoisotopic (exact) mass is 982 g/mol. The lowest BCUT2D eigenvalue weighted by molar-refractivity contribution is -0.193. The van der Waals surface area contributed by atoms with Gasteiger partial charge in [0.2, 0.25) is 5.91 Å². The smallest absolute Gasteiger partial charge is 0.311 e. The lowest BCUT2D eigenvalue weighted by Crippen LogP contribution is -2.46. The lowest BCUT2D eigenvalue weighted by atomic mass is 10.0. The van der Waals surface area contributed by atoms with E-state index in [9.17, 15) is 58.7 Å². The first-order valence-electron chi connectivity index (χ1n) is 21.5. The normalized spacial score (nSPS) is 15.1. The van der Waals surface area contributed by atoms with Gasteiger partial charge in [0, 0.05) is 65.8 Å². The molecule has 4 amide bonds. The average Bonchev–Trinajstić information content (AvgIpc) is 3.98. The topological polar surface area (TPSA) is 87.7 Å². The van der Waals surface area contributed by atoms with Gasteiger partial charge in [0.05, 0.1) is 0 Å². The van der Waals surface area contributed by atoms with Crippen LogP contribution in [0.1, 0.15) is 41.5 Å². The Labute approximate surface area is 400 Å². The third-order valence-electron chi connectivity index (χ3n) is 11.7. The number of alkyl halides is 9. The van der Waals surface area contributed by atoms with Crippen LogP contribution in [0.3, 0.4) is 0 Å². The Morgan fingerprint density at radius 1 is 0.366 bits per heavy atom. The van der Waals surface area contributed by atoms with Crippen molar-refractivity contribution in [3.8, 4) is 11.1 Å². The van der Waals surface area contributed by atoms with Gasteiger partial charge in [-0.05, 0) is 109 Å². The van der Waals surface area contributed by atoms with E-state index in [1.54, 1.807) is 29.2 Å². The molecule has 0 saturated heterocycles. The van der Waals surface area contributed by atoms with Crippen molar-refractivity contribution in [3.05, 3.63) is 193 Å². The summed E-state index contributed by atoms with van der Waals surface area (Å²) in [6.45, 7) is 5.01. The summed E-state index contributed by atoms with van der Waals surface area (Å²) in [5.74, 6) is -7.61. The maximum Gasteiger partial charge on any atom is 0.471 e. The highest BCUT2D eigenvalue weighted by atomic mass is 19.4. The number of nitrogens with zero attached hydrogens (tertiary/aromatic N) is 6. The number of amides is 4. The molecule has 0 fully saturated rings. The number of anilines is 6. The minimum absolute atomic E-state index is 0.0315. The SMILES string of the molecule is CC(=O)N1C=CN(C(=O)C(F)(F)F)C1c1ccc(N(c2ccc(C)cc2)c2ccc(-c3ccc(N(c4ccc(C)cc4)c4ccc(C5N(C(=O)C(F)(F)F)C=CN5C(=O)C(F)(F)F)cc4)cc3)cc2)cc1. The van der Waals surface area contributed by atoms with E-state index in [4.69, 9.17) is 0 Å². The molecular weight excluding hydrogens is 944 g/mol. The van der Waals surface area contributed by atoms with Gasteiger partial charge in [-0.3, -0.25) is 38.8 Å². The first kappa shape index (κ1) is 49.1. The second-order valence-electron chi connectivity index (χ2n) is 16.5. The van der Waals surface area contributed by atoms with Gasteiger partial charge in [0.15, 0.2) is 0 Å². The number of hydrogen-bond donors (Lipinski definition) is 0. The van der Waals surface area contributed by atoms with E-state index in [1.165, 1.54) is 31.2 Å². The molecule has 0 spiro atoms. The Kier molecular flexibility index (Phi) is 13.0. The van der Waals surface area contributed by atoms with Crippen molar-refractivity contribution in [2.24, 2.45) is 0 Å². The van der Waals surface area contributed by atoms with E-state index in [0.29, 0.717) is 45.7 Å². The molecule has 2 heterocycles. The summed E-state index contributed by atoms with van der Waals surface area (Å²) in [4.78, 5) is 54.8. The van der Waals surface area contributed by atoms with E-state index in [2.05, 4.69) is 0 Å². The third kappa shape index (κ3) is 10.1. The zero-order chi connectivity index (χ0) is 51.2. The number of carbonyl (C=O) groups is 4.